The van der Waals surface area contributed by atoms with E-state index in [0.717, 1.165) is 25.0 Å². The number of hydrogen-bond acceptors (Lipinski definition) is 2. The van der Waals surface area contributed by atoms with E-state index in [9.17, 15) is 22.4 Å². The van der Waals surface area contributed by atoms with Crippen molar-refractivity contribution in [1.29, 1.82) is 0 Å². The van der Waals surface area contributed by atoms with E-state index < -0.39 is 29.0 Å². The highest BCUT2D eigenvalue weighted by molar-refractivity contribution is 5.94. The number of amides is 1. The Hall–Kier alpha value is -1.63. The lowest BCUT2D eigenvalue weighted by molar-refractivity contribution is -0.140. The third kappa shape index (κ3) is 4.70. The molecule has 1 aromatic carbocycles. The smallest absolute Gasteiger partial charge is 0.348 e. The van der Waals surface area contributed by atoms with Gasteiger partial charge in [-0.3, -0.25) is 4.79 Å². The molecular formula is C14H18F4N2O. The maximum Gasteiger partial charge on any atom is 0.419 e. The third-order valence-electron chi connectivity index (χ3n) is 3.07. The minimum absolute atomic E-state index is 0.145. The summed E-state index contributed by atoms with van der Waals surface area (Å²) in [5, 5.41) is 2.47. The Morgan fingerprint density at radius 3 is 2.57 bits per heavy atom. The molecule has 1 rings (SSSR count). The van der Waals surface area contributed by atoms with Crippen molar-refractivity contribution in [3.63, 3.8) is 0 Å². The summed E-state index contributed by atoms with van der Waals surface area (Å²) in [6.45, 7) is 2.11. The summed E-state index contributed by atoms with van der Waals surface area (Å²) < 4.78 is 51.6. The second-order valence-electron chi connectivity index (χ2n) is 4.71. The first kappa shape index (κ1) is 17.4. The van der Waals surface area contributed by atoms with Crippen molar-refractivity contribution >= 4 is 5.91 Å². The van der Waals surface area contributed by atoms with E-state index >= 15 is 0 Å². The summed E-state index contributed by atoms with van der Waals surface area (Å²) in [6, 6.07) is 2.24. The van der Waals surface area contributed by atoms with Gasteiger partial charge < -0.3 is 11.1 Å². The molecule has 0 aliphatic heterocycles. The van der Waals surface area contributed by atoms with Crippen molar-refractivity contribution in [3.8, 4) is 0 Å². The Kier molecular flexibility index (Phi) is 6.14. The molecule has 0 aliphatic carbocycles. The summed E-state index contributed by atoms with van der Waals surface area (Å²) in [7, 11) is 0. The zero-order chi connectivity index (χ0) is 16.0. The highest BCUT2D eigenvalue weighted by Crippen LogP contribution is 2.32. The van der Waals surface area contributed by atoms with Crippen LogP contribution in [0.15, 0.2) is 18.2 Å². The fourth-order valence-electron chi connectivity index (χ4n) is 1.89. The molecule has 7 heteroatoms. The van der Waals surface area contributed by atoms with Crippen molar-refractivity contribution in [2.45, 2.75) is 38.4 Å². The monoisotopic (exact) mass is 306 g/mol. The van der Waals surface area contributed by atoms with Crippen LogP contribution >= 0.6 is 0 Å². The molecule has 21 heavy (non-hydrogen) atoms. The maximum absolute atomic E-state index is 13.8. The van der Waals surface area contributed by atoms with Crippen LogP contribution in [0.2, 0.25) is 0 Å². The number of nitrogens with two attached hydrogens (primary N) is 1. The van der Waals surface area contributed by atoms with E-state index in [4.69, 9.17) is 5.73 Å². The van der Waals surface area contributed by atoms with Crippen LogP contribution in [0.4, 0.5) is 17.6 Å². The molecule has 0 bridgehead atoms. The lowest BCUT2D eigenvalue weighted by Gasteiger charge is -2.17. The van der Waals surface area contributed by atoms with Gasteiger partial charge in [-0.05, 0) is 18.6 Å². The SMILES string of the molecule is CCCCC(CN)NC(=O)c1cccc(C(F)(F)F)c1F. The van der Waals surface area contributed by atoms with Gasteiger partial charge in [0, 0.05) is 12.6 Å². The Balaban J connectivity index is 2.93. The van der Waals surface area contributed by atoms with Gasteiger partial charge in [0.25, 0.3) is 5.91 Å². The second-order valence-corrected chi connectivity index (χ2v) is 4.71. The maximum atomic E-state index is 13.8. The van der Waals surface area contributed by atoms with Crippen LogP contribution < -0.4 is 11.1 Å². The molecule has 0 radical (unpaired) electrons. The normalized spacial score (nSPS) is 13.0. The average Bonchev–Trinajstić information content (AvgIpc) is 2.42. The van der Waals surface area contributed by atoms with Crippen molar-refractivity contribution in [1.82, 2.24) is 5.32 Å². The van der Waals surface area contributed by atoms with Gasteiger partial charge in [-0.1, -0.05) is 25.8 Å². The first-order valence-corrected chi connectivity index (χ1v) is 6.67. The average molecular weight is 306 g/mol. The van der Waals surface area contributed by atoms with Crippen molar-refractivity contribution in [2.24, 2.45) is 5.73 Å². The molecule has 0 aromatic heterocycles. The third-order valence-corrected chi connectivity index (χ3v) is 3.07. The molecule has 1 amide bonds. The summed E-state index contributed by atoms with van der Waals surface area (Å²) in [6.07, 6.45) is -2.54. The van der Waals surface area contributed by atoms with Crippen LogP contribution in [0.25, 0.3) is 0 Å². The zero-order valence-electron chi connectivity index (χ0n) is 11.6. The van der Waals surface area contributed by atoms with Crippen LogP contribution in [-0.4, -0.2) is 18.5 Å². The van der Waals surface area contributed by atoms with E-state index in [-0.39, 0.29) is 12.6 Å². The Labute approximate surface area is 120 Å². The topological polar surface area (TPSA) is 55.1 Å². The van der Waals surface area contributed by atoms with Gasteiger partial charge in [-0.15, -0.1) is 0 Å². The van der Waals surface area contributed by atoms with Crippen LogP contribution in [0, 0.1) is 5.82 Å². The van der Waals surface area contributed by atoms with Gasteiger partial charge >= 0.3 is 6.18 Å². The van der Waals surface area contributed by atoms with Crippen molar-refractivity contribution in [3.05, 3.63) is 35.1 Å². The molecule has 1 aromatic rings. The van der Waals surface area contributed by atoms with Crippen LogP contribution in [0.5, 0.6) is 0 Å². The number of nitrogens with one attached hydrogen (secondary N) is 1. The van der Waals surface area contributed by atoms with E-state index in [1.54, 1.807) is 0 Å². The standard InChI is InChI=1S/C14H18F4N2O/c1-2-3-5-9(8-19)20-13(21)10-6-4-7-11(12(10)15)14(16,17)18/h4,6-7,9H,2-3,5,8,19H2,1H3,(H,20,21). The number of carbonyl (C=O) groups excluding carboxylic acids is 1. The first-order chi connectivity index (χ1) is 9.81. The lowest BCUT2D eigenvalue weighted by Crippen LogP contribution is -2.40. The Morgan fingerprint density at radius 1 is 1.38 bits per heavy atom. The number of alkyl halides is 3. The van der Waals surface area contributed by atoms with Gasteiger partial charge in [-0.25, -0.2) is 4.39 Å². The molecule has 3 nitrogen and oxygen atoms in total. The highest BCUT2D eigenvalue weighted by Gasteiger charge is 2.35. The molecule has 0 aliphatic rings. The quantitative estimate of drug-likeness (QED) is 0.794. The Morgan fingerprint density at radius 2 is 2.05 bits per heavy atom. The zero-order valence-corrected chi connectivity index (χ0v) is 11.6. The molecule has 118 valence electrons. The predicted molar refractivity (Wildman–Crippen MR) is 71.2 cm³/mol. The van der Waals surface area contributed by atoms with E-state index in [0.29, 0.717) is 12.5 Å². The summed E-state index contributed by atoms with van der Waals surface area (Å²) in [5.41, 5.74) is 3.41. The fourth-order valence-corrected chi connectivity index (χ4v) is 1.89. The molecule has 0 spiro atoms. The number of hydrogen-bond donors (Lipinski definition) is 2. The fraction of sp³-hybridized carbons (Fsp3) is 0.500. The number of rotatable bonds is 6. The molecular weight excluding hydrogens is 288 g/mol. The Bertz CT molecular complexity index is 488. The van der Waals surface area contributed by atoms with Gasteiger partial charge in [0.15, 0.2) is 0 Å². The summed E-state index contributed by atoms with van der Waals surface area (Å²) >= 11 is 0. The lowest BCUT2D eigenvalue weighted by atomic mass is 10.1. The molecule has 0 fully saturated rings. The molecule has 1 atom stereocenters. The first-order valence-electron chi connectivity index (χ1n) is 6.67. The predicted octanol–water partition coefficient (Wildman–Crippen LogP) is 3.09. The van der Waals surface area contributed by atoms with Crippen LogP contribution in [0.3, 0.4) is 0 Å². The van der Waals surface area contributed by atoms with Gasteiger partial charge in [0.2, 0.25) is 0 Å². The molecule has 3 N–H and O–H groups in total. The number of benzene rings is 1. The largest absolute Gasteiger partial charge is 0.419 e. The van der Waals surface area contributed by atoms with E-state index in [2.05, 4.69) is 5.32 Å². The summed E-state index contributed by atoms with van der Waals surface area (Å²) in [5.74, 6) is -2.45. The number of carbonyl (C=O) groups is 1. The minimum Gasteiger partial charge on any atom is -0.348 e. The van der Waals surface area contributed by atoms with Crippen molar-refractivity contribution < 1.29 is 22.4 Å². The van der Waals surface area contributed by atoms with Crippen molar-refractivity contribution in [2.75, 3.05) is 6.54 Å². The van der Waals surface area contributed by atoms with Crippen LogP contribution in [0.1, 0.15) is 42.1 Å². The van der Waals surface area contributed by atoms with Gasteiger partial charge in [0.05, 0.1) is 11.1 Å². The molecule has 1 unspecified atom stereocenters. The van der Waals surface area contributed by atoms with Gasteiger partial charge in [-0.2, -0.15) is 13.2 Å². The molecule has 0 heterocycles. The van der Waals surface area contributed by atoms with Crippen LogP contribution in [-0.2, 0) is 6.18 Å². The second kappa shape index (κ2) is 7.40. The molecule has 0 saturated carbocycles. The van der Waals surface area contributed by atoms with E-state index in [1.807, 2.05) is 6.92 Å². The number of unbranched alkanes of at least 4 members (excludes halogenated alkanes) is 1. The summed E-state index contributed by atoms with van der Waals surface area (Å²) in [4.78, 5) is 11.9. The minimum atomic E-state index is -4.84. The van der Waals surface area contributed by atoms with E-state index in [1.165, 1.54) is 0 Å². The van der Waals surface area contributed by atoms with Gasteiger partial charge in [0.1, 0.15) is 5.82 Å². The highest BCUT2D eigenvalue weighted by atomic mass is 19.4. The number of halogens is 4. The molecule has 0 saturated heterocycles.